The van der Waals surface area contributed by atoms with Crippen LogP contribution < -0.4 is 15.8 Å². The van der Waals surface area contributed by atoms with Gasteiger partial charge >= 0.3 is 0 Å². The molecule has 0 saturated heterocycles. The lowest BCUT2D eigenvalue weighted by Crippen LogP contribution is -2.47. The number of aliphatic hydroxyl groups is 1. The van der Waals surface area contributed by atoms with Crippen molar-refractivity contribution >= 4 is 18.3 Å². The number of rotatable bonds is 8. The number of aryl methyl sites for hydroxylation is 1. The maximum absolute atomic E-state index is 11.8. The van der Waals surface area contributed by atoms with Gasteiger partial charge in [-0.25, -0.2) is 0 Å². The number of halogens is 1. The molecule has 0 radical (unpaired) electrons. The van der Waals surface area contributed by atoms with E-state index >= 15 is 0 Å². The number of carbonyl (C=O) groups is 1. The molecule has 126 valence electrons. The predicted octanol–water partition coefficient (Wildman–Crippen LogP) is 1.65. The molecule has 1 rings (SSSR count). The van der Waals surface area contributed by atoms with E-state index in [2.05, 4.69) is 5.32 Å². The SMILES string of the molecule is CCC(C)C(N)C(=O)NCC(O)COc1cccc(C)c1.Cl. The van der Waals surface area contributed by atoms with Crippen LogP contribution in [0.3, 0.4) is 0 Å². The van der Waals surface area contributed by atoms with Crippen molar-refractivity contribution in [2.75, 3.05) is 13.2 Å². The van der Waals surface area contributed by atoms with Crippen LogP contribution in [-0.2, 0) is 4.79 Å². The summed E-state index contributed by atoms with van der Waals surface area (Å²) in [6.07, 6.45) is 0.0757. The maximum Gasteiger partial charge on any atom is 0.237 e. The van der Waals surface area contributed by atoms with E-state index in [1.807, 2.05) is 45.0 Å². The van der Waals surface area contributed by atoms with Crippen molar-refractivity contribution < 1.29 is 14.6 Å². The number of amides is 1. The second-order valence-electron chi connectivity index (χ2n) is 5.44. The van der Waals surface area contributed by atoms with Crippen LogP contribution in [0.5, 0.6) is 5.75 Å². The van der Waals surface area contributed by atoms with Gasteiger partial charge in [-0.2, -0.15) is 0 Å². The van der Waals surface area contributed by atoms with E-state index in [0.29, 0.717) is 5.75 Å². The Morgan fingerprint density at radius 1 is 1.45 bits per heavy atom. The maximum atomic E-state index is 11.8. The van der Waals surface area contributed by atoms with Crippen LogP contribution in [0.2, 0.25) is 0 Å². The molecule has 0 saturated carbocycles. The molecule has 0 fully saturated rings. The second-order valence-corrected chi connectivity index (χ2v) is 5.44. The van der Waals surface area contributed by atoms with Crippen LogP contribution in [-0.4, -0.2) is 36.3 Å². The lowest BCUT2D eigenvalue weighted by Gasteiger charge is -2.19. The summed E-state index contributed by atoms with van der Waals surface area (Å²) in [5.74, 6) is 0.585. The number of nitrogens with two attached hydrogens (primary N) is 1. The van der Waals surface area contributed by atoms with Crippen molar-refractivity contribution in [2.45, 2.75) is 39.3 Å². The fraction of sp³-hybridized carbons (Fsp3) is 0.562. The van der Waals surface area contributed by atoms with Gasteiger partial charge in [-0.05, 0) is 30.5 Å². The molecular formula is C16H27ClN2O3. The summed E-state index contributed by atoms with van der Waals surface area (Å²) in [6, 6.07) is 7.05. The monoisotopic (exact) mass is 330 g/mol. The van der Waals surface area contributed by atoms with Crippen LogP contribution in [0, 0.1) is 12.8 Å². The summed E-state index contributed by atoms with van der Waals surface area (Å²) < 4.78 is 5.48. The average molecular weight is 331 g/mol. The number of ether oxygens (including phenoxy) is 1. The van der Waals surface area contributed by atoms with E-state index in [-0.39, 0.29) is 37.4 Å². The van der Waals surface area contributed by atoms with E-state index in [4.69, 9.17) is 10.5 Å². The Bertz CT molecular complexity index is 457. The molecule has 5 nitrogen and oxygen atoms in total. The summed E-state index contributed by atoms with van der Waals surface area (Å²) in [5, 5.41) is 12.5. The smallest absolute Gasteiger partial charge is 0.237 e. The molecule has 6 heteroatoms. The third-order valence-electron chi connectivity index (χ3n) is 3.50. The normalized spacial score (nSPS) is 14.4. The van der Waals surface area contributed by atoms with Gasteiger partial charge in [0.15, 0.2) is 0 Å². The third kappa shape index (κ3) is 7.11. The van der Waals surface area contributed by atoms with E-state index in [1.165, 1.54) is 0 Å². The first kappa shape index (κ1) is 20.7. The van der Waals surface area contributed by atoms with Crippen molar-refractivity contribution in [3.8, 4) is 5.75 Å². The molecule has 0 aromatic heterocycles. The molecule has 0 spiro atoms. The van der Waals surface area contributed by atoms with Crippen LogP contribution in [0.1, 0.15) is 25.8 Å². The fourth-order valence-corrected chi connectivity index (χ4v) is 1.81. The quantitative estimate of drug-likeness (QED) is 0.676. The van der Waals surface area contributed by atoms with Gasteiger partial charge in [0.05, 0.1) is 6.04 Å². The van der Waals surface area contributed by atoms with Gasteiger partial charge in [0.1, 0.15) is 18.5 Å². The zero-order valence-electron chi connectivity index (χ0n) is 13.4. The largest absolute Gasteiger partial charge is 0.491 e. The number of nitrogens with one attached hydrogen (secondary N) is 1. The Kier molecular flexibility index (Phi) is 9.81. The molecule has 0 heterocycles. The highest BCUT2D eigenvalue weighted by atomic mass is 35.5. The van der Waals surface area contributed by atoms with Gasteiger partial charge in [0.25, 0.3) is 0 Å². The minimum absolute atomic E-state index is 0. The number of hydrogen-bond donors (Lipinski definition) is 3. The summed E-state index contributed by atoms with van der Waals surface area (Å²) in [7, 11) is 0. The zero-order chi connectivity index (χ0) is 15.8. The van der Waals surface area contributed by atoms with Gasteiger partial charge in [-0.3, -0.25) is 4.79 Å². The molecule has 3 unspecified atom stereocenters. The first-order valence-electron chi connectivity index (χ1n) is 7.34. The average Bonchev–Trinajstić information content (AvgIpc) is 2.49. The van der Waals surface area contributed by atoms with Gasteiger partial charge in [0, 0.05) is 6.54 Å². The van der Waals surface area contributed by atoms with Crippen molar-refractivity contribution in [3.05, 3.63) is 29.8 Å². The minimum atomic E-state index is -0.765. The topological polar surface area (TPSA) is 84.6 Å². The standard InChI is InChI=1S/C16H26N2O3.ClH/c1-4-12(3)15(17)16(20)18-9-13(19)10-21-14-7-5-6-11(2)8-14;/h5-8,12-13,15,19H,4,9-10,17H2,1-3H3,(H,18,20);1H. The number of aliphatic hydroxyl groups excluding tert-OH is 1. The number of hydrogen-bond acceptors (Lipinski definition) is 4. The summed E-state index contributed by atoms with van der Waals surface area (Å²) in [6.45, 7) is 6.15. The van der Waals surface area contributed by atoms with Gasteiger partial charge in [-0.15, -0.1) is 12.4 Å². The molecule has 1 aromatic rings. The molecule has 0 aliphatic carbocycles. The summed E-state index contributed by atoms with van der Waals surface area (Å²) in [4.78, 5) is 11.8. The molecule has 22 heavy (non-hydrogen) atoms. The lowest BCUT2D eigenvalue weighted by molar-refractivity contribution is -0.123. The molecule has 0 aliphatic heterocycles. The van der Waals surface area contributed by atoms with E-state index in [1.54, 1.807) is 0 Å². The Morgan fingerprint density at radius 2 is 2.14 bits per heavy atom. The minimum Gasteiger partial charge on any atom is -0.491 e. The van der Waals surface area contributed by atoms with Gasteiger partial charge in [-0.1, -0.05) is 32.4 Å². The third-order valence-corrected chi connectivity index (χ3v) is 3.50. The molecule has 1 amide bonds. The summed E-state index contributed by atoms with van der Waals surface area (Å²) >= 11 is 0. The highest BCUT2D eigenvalue weighted by Gasteiger charge is 2.19. The second kappa shape index (κ2) is 10.4. The van der Waals surface area contributed by atoms with Crippen molar-refractivity contribution in [1.29, 1.82) is 0 Å². The van der Waals surface area contributed by atoms with Crippen LogP contribution in [0.15, 0.2) is 24.3 Å². The van der Waals surface area contributed by atoms with E-state index in [0.717, 1.165) is 12.0 Å². The van der Waals surface area contributed by atoms with Crippen molar-refractivity contribution in [1.82, 2.24) is 5.32 Å². The van der Waals surface area contributed by atoms with E-state index in [9.17, 15) is 9.90 Å². The van der Waals surface area contributed by atoms with E-state index < -0.39 is 12.1 Å². The number of benzene rings is 1. The molecule has 3 atom stereocenters. The highest BCUT2D eigenvalue weighted by molar-refractivity contribution is 5.85. The lowest BCUT2D eigenvalue weighted by atomic mass is 9.99. The Hall–Kier alpha value is -1.30. The Balaban J connectivity index is 0.00000441. The summed E-state index contributed by atoms with van der Waals surface area (Å²) in [5.41, 5.74) is 6.91. The highest BCUT2D eigenvalue weighted by Crippen LogP contribution is 2.12. The molecule has 1 aromatic carbocycles. The first-order chi connectivity index (χ1) is 9.93. The van der Waals surface area contributed by atoms with Gasteiger partial charge in [0.2, 0.25) is 5.91 Å². The zero-order valence-corrected chi connectivity index (χ0v) is 14.2. The molecular weight excluding hydrogens is 304 g/mol. The predicted molar refractivity (Wildman–Crippen MR) is 90.4 cm³/mol. The number of carbonyl (C=O) groups excluding carboxylic acids is 1. The molecule has 0 bridgehead atoms. The van der Waals surface area contributed by atoms with Crippen molar-refractivity contribution in [2.24, 2.45) is 11.7 Å². The fourth-order valence-electron chi connectivity index (χ4n) is 1.81. The first-order valence-corrected chi connectivity index (χ1v) is 7.34. The molecule has 0 aliphatic rings. The van der Waals surface area contributed by atoms with Crippen LogP contribution >= 0.6 is 12.4 Å². The Morgan fingerprint density at radius 3 is 2.73 bits per heavy atom. The van der Waals surface area contributed by atoms with Crippen LogP contribution in [0.4, 0.5) is 0 Å². The van der Waals surface area contributed by atoms with Crippen LogP contribution in [0.25, 0.3) is 0 Å². The Labute approximate surface area is 138 Å². The molecule has 4 N–H and O–H groups in total. The van der Waals surface area contributed by atoms with Crippen molar-refractivity contribution in [3.63, 3.8) is 0 Å². The van der Waals surface area contributed by atoms with Gasteiger partial charge < -0.3 is 20.9 Å².